The summed E-state index contributed by atoms with van der Waals surface area (Å²) in [6, 6.07) is 0. The molecule has 0 aromatic carbocycles. The highest BCUT2D eigenvalue weighted by Gasteiger charge is 1.98. The largest absolute Gasteiger partial charge is 0.355 e. The molecule has 4 nitrogen and oxygen atoms in total. The van der Waals surface area contributed by atoms with Crippen molar-refractivity contribution in [2.75, 3.05) is 6.54 Å². The molecule has 0 bridgehead atoms. The SMILES string of the molecule is C#CCC(=O)NCCCc1ncc[nH]1. The Balaban J connectivity index is 2.06. The van der Waals surface area contributed by atoms with E-state index >= 15 is 0 Å². The van der Waals surface area contributed by atoms with Crippen LogP contribution in [0.2, 0.25) is 0 Å². The number of aromatic nitrogens is 2. The van der Waals surface area contributed by atoms with Gasteiger partial charge < -0.3 is 10.3 Å². The van der Waals surface area contributed by atoms with Crippen LogP contribution in [0, 0.1) is 12.3 Å². The van der Waals surface area contributed by atoms with Crippen molar-refractivity contribution in [1.29, 1.82) is 0 Å². The fourth-order valence-corrected chi connectivity index (χ4v) is 1.07. The number of carbonyl (C=O) groups is 1. The van der Waals surface area contributed by atoms with E-state index in [1.807, 2.05) is 0 Å². The molecule has 4 heteroatoms. The lowest BCUT2D eigenvalue weighted by Gasteiger charge is -2.01. The van der Waals surface area contributed by atoms with Crippen LogP contribution in [-0.4, -0.2) is 22.4 Å². The van der Waals surface area contributed by atoms with E-state index in [2.05, 4.69) is 21.2 Å². The first kappa shape index (κ1) is 10.3. The van der Waals surface area contributed by atoms with Gasteiger partial charge in [0.15, 0.2) is 0 Å². The second kappa shape index (κ2) is 5.81. The van der Waals surface area contributed by atoms with Crippen molar-refractivity contribution >= 4 is 5.91 Å². The summed E-state index contributed by atoms with van der Waals surface area (Å²) < 4.78 is 0. The van der Waals surface area contributed by atoms with Gasteiger partial charge in [-0.3, -0.25) is 4.79 Å². The Kier molecular flexibility index (Phi) is 4.29. The number of terminal acetylenes is 1. The predicted molar refractivity (Wildman–Crippen MR) is 53.4 cm³/mol. The van der Waals surface area contributed by atoms with E-state index in [0.717, 1.165) is 18.7 Å². The van der Waals surface area contributed by atoms with Gasteiger partial charge in [0.05, 0.1) is 6.42 Å². The minimum atomic E-state index is -0.0908. The third kappa shape index (κ3) is 3.76. The maximum absolute atomic E-state index is 10.9. The summed E-state index contributed by atoms with van der Waals surface area (Å²) in [7, 11) is 0. The lowest BCUT2D eigenvalue weighted by molar-refractivity contribution is -0.120. The van der Waals surface area contributed by atoms with Crippen molar-refractivity contribution in [2.45, 2.75) is 19.3 Å². The van der Waals surface area contributed by atoms with E-state index in [0.29, 0.717) is 6.54 Å². The standard InChI is InChI=1S/C10H13N3O/c1-2-4-10(14)13-6-3-5-9-11-7-8-12-9/h1,7-8H,3-6H2,(H,11,12)(H,13,14). The first-order chi connectivity index (χ1) is 6.83. The molecule has 0 spiro atoms. The Morgan fingerprint density at radius 2 is 2.57 bits per heavy atom. The Morgan fingerprint density at radius 3 is 3.21 bits per heavy atom. The second-order valence-electron chi connectivity index (χ2n) is 2.87. The molecule has 2 N–H and O–H groups in total. The molecule has 0 atom stereocenters. The Morgan fingerprint density at radius 1 is 1.71 bits per heavy atom. The first-order valence-electron chi connectivity index (χ1n) is 4.51. The number of H-pyrrole nitrogens is 1. The number of aryl methyl sites for hydroxylation is 1. The van der Waals surface area contributed by atoms with Crippen LogP contribution >= 0.6 is 0 Å². The summed E-state index contributed by atoms with van der Waals surface area (Å²) >= 11 is 0. The van der Waals surface area contributed by atoms with Crippen LogP contribution < -0.4 is 5.32 Å². The van der Waals surface area contributed by atoms with E-state index in [-0.39, 0.29) is 12.3 Å². The molecule has 0 aliphatic carbocycles. The molecular formula is C10H13N3O. The van der Waals surface area contributed by atoms with Crippen molar-refractivity contribution in [2.24, 2.45) is 0 Å². The zero-order valence-electron chi connectivity index (χ0n) is 7.92. The number of hydrogen-bond donors (Lipinski definition) is 2. The fourth-order valence-electron chi connectivity index (χ4n) is 1.07. The van der Waals surface area contributed by atoms with E-state index in [1.165, 1.54) is 0 Å². The van der Waals surface area contributed by atoms with E-state index in [9.17, 15) is 4.79 Å². The monoisotopic (exact) mass is 191 g/mol. The van der Waals surface area contributed by atoms with Gasteiger partial charge in [0.1, 0.15) is 5.82 Å². The molecule has 1 heterocycles. The lowest BCUT2D eigenvalue weighted by atomic mass is 10.3. The van der Waals surface area contributed by atoms with Crippen molar-refractivity contribution in [3.8, 4) is 12.3 Å². The highest BCUT2D eigenvalue weighted by Crippen LogP contribution is 1.93. The van der Waals surface area contributed by atoms with Crippen LogP contribution in [-0.2, 0) is 11.2 Å². The zero-order chi connectivity index (χ0) is 10.2. The third-order valence-corrected chi connectivity index (χ3v) is 1.73. The molecule has 0 fully saturated rings. The summed E-state index contributed by atoms with van der Waals surface area (Å²) in [4.78, 5) is 18.0. The molecule has 1 rings (SSSR count). The van der Waals surface area contributed by atoms with Gasteiger partial charge in [0.2, 0.25) is 5.91 Å². The molecule has 1 aromatic heterocycles. The third-order valence-electron chi connectivity index (χ3n) is 1.73. The van der Waals surface area contributed by atoms with Gasteiger partial charge in [-0.1, -0.05) is 5.92 Å². The number of imidazole rings is 1. The number of rotatable bonds is 5. The number of amides is 1. The van der Waals surface area contributed by atoms with Crippen LogP contribution in [0.15, 0.2) is 12.4 Å². The Bertz CT molecular complexity index is 311. The highest BCUT2D eigenvalue weighted by molar-refractivity contribution is 5.78. The van der Waals surface area contributed by atoms with Gasteiger partial charge in [-0.25, -0.2) is 4.98 Å². The summed E-state index contributed by atoms with van der Waals surface area (Å²) in [5.41, 5.74) is 0. The quantitative estimate of drug-likeness (QED) is 0.525. The van der Waals surface area contributed by atoms with Gasteiger partial charge in [-0.15, -0.1) is 6.42 Å². The number of nitrogens with one attached hydrogen (secondary N) is 2. The van der Waals surface area contributed by atoms with Crippen LogP contribution in [0.5, 0.6) is 0 Å². The average Bonchev–Trinajstić information content (AvgIpc) is 2.65. The second-order valence-corrected chi connectivity index (χ2v) is 2.87. The summed E-state index contributed by atoms with van der Waals surface area (Å²) in [6.45, 7) is 0.640. The molecule has 0 aliphatic heterocycles. The number of carbonyl (C=O) groups excluding carboxylic acids is 1. The minimum absolute atomic E-state index is 0.0908. The summed E-state index contributed by atoms with van der Waals surface area (Å²) in [5, 5.41) is 2.72. The van der Waals surface area contributed by atoms with Crippen LogP contribution in [0.4, 0.5) is 0 Å². The molecule has 0 aliphatic rings. The van der Waals surface area contributed by atoms with Crippen molar-refractivity contribution in [1.82, 2.24) is 15.3 Å². The van der Waals surface area contributed by atoms with E-state index in [1.54, 1.807) is 12.4 Å². The van der Waals surface area contributed by atoms with Crippen molar-refractivity contribution in [3.63, 3.8) is 0 Å². The maximum atomic E-state index is 10.9. The Labute approximate surface area is 83.1 Å². The molecule has 0 unspecified atom stereocenters. The van der Waals surface area contributed by atoms with Crippen molar-refractivity contribution in [3.05, 3.63) is 18.2 Å². The molecule has 74 valence electrons. The molecule has 1 aromatic rings. The van der Waals surface area contributed by atoms with Crippen LogP contribution in [0.25, 0.3) is 0 Å². The first-order valence-corrected chi connectivity index (χ1v) is 4.51. The van der Waals surface area contributed by atoms with E-state index in [4.69, 9.17) is 6.42 Å². The molecule has 14 heavy (non-hydrogen) atoms. The maximum Gasteiger partial charge on any atom is 0.232 e. The van der Waals surface area contributed by atoms with Gasteiger partial charge in [-0.2, -0.15) is 0 Å². The molecule has 0 saturated carbocycles. The molecule has 1 amide bonds. The van der Waals surface area contributed by atoms with Crippen molar-refractivity contribution < 1.29 is 4.79 Å². The smallest absolute Gasteiger partial charge is 0.232 e. The number of aromatic amines is 1. The molecular weight excluding hydrogens is 178 g/mol. The zero-order valence-corrected chi connectivity index (χ0v) is 7.92. The van der Waals surface area contributed by atoms with Gasteiger partial charge in [0, 0.05) is 25.4 Å². The molecule has 0 radical (unpaired) electrons. The summed E-state index contributed by atoms with van der Waals surface area (Å²) in [5.74, 6) is 3.14. The summed E-state index contributed by atoms with van der Waals surface area (Å²) in [6.07, 6.45) is 10.3. The number of nitrogens with zero attached hydrogens (tertiary/aromatic N) is 1. The average molecular weight is 191 g/mol. The minimum Gasteiger partial charge on any atom is -0.355 e. The molecule has 0 saturated heterocycles. The highest BCUT2D eigenvalue weighted by atomic mass is 16.1. The number of hydrogen-bond acceptors (Lipinski definition) is 2. The van der Waals surface area contributed by atoms with Gasteiger partial charge in [0.25, 0.3) is 0 Å². The van der Waals surface area contributed by atoms with Gasteiger partial charge in [-0.05, 0) is 6.42 Å². The predicted octanol–water partition coefficient (Wildman–Crippen LogP) is 0.482. The van der Waals surface area contributed by atoms with Crippen LogP contribution in [0.1, 0.15) is 18.7 Å². The van der Waals surface area contributed by atoms with E-state index < -0.39 is 0 Å². The van der Waals surface area contributed by atoms with Crippen LogP contribution in [0.3, 0.4) is 0 Å². The topological polar surface area (TPSA) is 57.8 Å². The van der Waals surface area contributed by atoms with Gasteiger partial charge >= 0.3 is 0 Å². The normalized spacial score (nSPS) is 9.36. The Hall–Kier alpha value is -1.76. The fraction of sp³-hybridized carbons (Fsp3) is 0.400. The lowest BCUT2D eigenvalue weighted by Crippen LogP contribution is -2.23.